The maximum Gasteiger partial charge on any atom is 0.322 e. The lowest BCUT2D eigenvalue weighted by atomic mass is 10.0. The van der Waals surface area contributed by atoms with Crippen LogP contribution in [0.2, 0.25) is 5.02 Å². The van der Waals surface area contributed by atoms with E-state index in [2.05, 4.69) is 15.3 Å². The van der Waals surface area contributed by atoms with Gasteiger partial charge in [-0.15, -0.1) is 0 Å². The molecule has 1 unspecified atom stereocenters. The first-order valence-corrected chi connectivity index (χ1v) is 11.1. The van der Waals surface area contributed by atoms with Crippen LogP contribution < -0.4 is 10.2 Å². The molecular formula is C22H22ClFN6O2. The summed E-state index contributed by atoms with van der Waals surface area (Å²) in [6.07, 6.45) is 5.36. The third kappa shape index (κ3) is 2.95. The van der Waals surface area contributed by atoms with Crippen LogP contribution in [0.3, 0.4) is 0 Å². The van der Waals surface area contributed by atoms with Crippen LogP contribution in [0.15, 0.2) is 36.7 Å². The Hall–Kier alpha value is -2.91. The second kappa shape index (κ2) is 7.05. The third-order valence-electron chi connectivity index (χ3n) is 6.97. The van der Waals surface area contributed by atoms with Crippen molar-refractivity contribution in [2.75, 3.05) is 29.9 Å². The second-order valence-corrected chi connectivity index (χ2v) is 9.23. The van der Waals surface area contributed by atoms with E-state index in [9.17, 15) is 14.3 Å². The fourth-order valence-corrected chi connectivity index (χ4v) is 5.60. The van der Waals surface area contributed by atoms with Crippen molar-refractivity contribution in [3.05, 3.63) is 53.1 Å². The number of rotatable bonds is 3. The molecule has 0 spiro atoms. The normalized spacial score (nSPS) is 26.6. The van der Waals surface area contributed by atoms with Crippen molar-refractivity contribution in [1.29, 1.82) is 0 Å². The number of halogens is 2. The molecule has 6 rings (SSSR count). The Kier molecular flexibility index (Phi) is 4.35. The summed E-state index contributed by atoms with van der Waals surface area (Å²) in [5.74, 6) is 0.850. The van der Waals surface area contributed by atoms with Crippen molar-refractivity contribution < 1.29 is 14.3 Å². The van der Waals surface area contributed by atoms with E-state index in [1.807, 2.05) is 12.3 Å². The summed E-state index contributed by atoms with van der Waals surface area (Å²) < 4.78 is 15.7. The molecule has 2 aliphatic heterocycles. The standard InChI is InChI=1S/C22H22ClFN6O2/c23-17-2-1-14(24)9-16(17)22-10-13(22)3-7-29(22)19-5-8-30-20(27-19)18(11-25-30)26-21(32)28-6-4-15(31)12-28/h1-2,5,8-9,11,13,15,31H,3-4,6-7,10,12H2,(H,26,32)/t13?,15-,22-/m1/s1. The molecule has 3 fully saturated rings. The number of nitrogens with zero attached hydrogens (tertiary/aromatic N) is 5. The lowest BCUT2D eigenvalue weighted by molar-refractivity contribution is 0.176. The van der Waals surface area contributed by atoms with Crippen LogP contribution in [0.25, 0.3) is 5.65 Å². The Morgan fingerprint density at radius 1 is 1.28 bits per heavy atom. The van der Waals surface area contributed by atoms with E-state index in [1.54, 1.807) is 21.7 Å². The Balaban J connectivity index is 1.33. The van der Waals surface area contributed by atoms with Crippen molar-refractivity contribution in [2.45, 2.75) is 30.9 Å². The number of anilines is 2. The number of fused-ring (bicyclic) bond motifs is 2. The molecule has 3 atom stereocenters. The quantitative estimate of drug-likeness (QED) is 0.632. The fraction of sp³-hybridized carbons (Fsp3) is 0.409. The van der Waals surface area contributed by atoms with E-state index < -0.39 is 6.10 Å². The smallest absolute Gasteiger partial charge is 0.322 e. The SMILES string of the molecule is O=C(Nc1cnn2ccc(N3CCC4C[C@]43c3cc(F)ccc3Cl)nc12)N1CC[C@@H](O)C1. The van der Waals surface area contributed by atoms with Gasteiger partial charge in [-0.25, -0.2) is 18.7 Å². The maximum atomic E-state index is 14.0. The van der Waals surface area contributed by atoms with Crippen LogP contribution in [0.5, 0.6) is 0 Å². The van der Waals surface area contributed by atoms with Gasteiger partial charge in [0.05, 0.1) is 17.8 Å². The van der Waals surface area contributed by atoms with Crippen molar-refractivity contribution in [1.82, 2.24) is 19.5 Å². The van der Waals surface area contributed by atoms with Gasteiger partial charge in [0.2, 0.25) is 0 Å². The van der Waals surface area contributed by atoms with Crippen molar-refractivity contribution in [3.63, 3.8) is 0 Å². The number of carbonyl (C=O) groups excluding carboxylic acids is 1. The number of nitrogens with one attached hydrogen (secondary N) is 1. The highest BCUT2D eigenvalue weighted by Crippen LogP contribution is 2.64. The number of β-amino-alcohol motifs (C(OH)–C–C–N with tert-alkyl or cyclic N) is 1. The predicted octanol–water partition coefficient (Wildman–Crippen LogP) is 3.25. The van der Waals surface area contributed by atoms with E-state index in [-0.39, 0.29) is 17.4 Å². The lowest BCUT2D eigenvalue weighted by Gasteiger charge is -2.30. The van der Waals surface area contributed by atoms with Crippen LogP contribution in [0.1, 0.15) is 24.8 Å². The number of aromatic nitrogens is 3. The first-order valence-electron chi connectivity index (χ1n) is 10.8. The molecule has 0 radical (unpaired) electrons. The highest BCUT2D eigenvalue weighted by atomic mass is 35.5. The molecule has 1 aliphatic carbocycles. The molecule has 166 valence electrons. The molecule has 32 heavy (non-hydrogen) atoms. The number of aliphatic hydroxyl groups excluding tert-OH is 1. The van der Waals surface area contributed by atoms with Crippen LogP contribution in [-0.4, -0.2) is 56.4 Å². The van der Waals surface area contributed by atoms with E-state index >= 15 is 0 Å². The Bertz CT molecular complexity index is 1230. The van der Waals surface area contributed by atoms with Gasteiger partial charge in [-0.2, -0.15) is 5.10 Å². The minimum absolute atomic E-state index is 0.282. The first-order chi connectivity index (χ1) is 15.5. The minimum atomic E-state index is -0.484. The highest BCUT2D eigenvalue weighted by molar-refractivity contribution is 6.31. The van der Waals surface area contributed by atoms with Crippen LogP contribution in [-0.2, 0) is 5.54 Å². The lowest BCUT2D eigenvalue weighted by Crippen LogP contribution is -2.34. The van der Waals surface area contributed by atoms with E-state index in [0.29, 0.717) is 41.8 Å². The van der Waals surface area contributed by atoms with E-state index in [1.165, 1.54) is 12.1 Å². The summed E-state index contributed by atoms with van der Waals surface area (Å²) in [5, 5.41) is 17.4. The first kappa shape index (κ1) is 19.8. The summed E-state index contributed by atoms with van der Waals surface area (Å²) in [6.45, 7) is 1.62. The average molecular weight is 457 g/mol. The summed E-state index contributed by atoms with van der Waals surface area (Å²) in [6, 6.07) is 6.13. The van der Waals surface area contributed by atoms with Gasteiger partial charge >= 0.3 is 6.03 Å². The zero-order chi connectivity index (χ0) is 22.0. The summed E-state index contributed by atoms with van der Waals surface area (Å²) in [4.78, 5) is 21.2. The number of aliphatic hydroxyl groups is 1. The van der Waals surface area contributed by atoms with Gasteiger partial charge < -0.3 is 20.2 Å². The monoisotopic (exact) mass is 456 g/mol. The zero-order valence-corrected chi connectivity index (χ0v) is 18.0. The number of carbonyl (C=O) groups is 1. The maximum absolute atomic E-state index is 14.0. The number of likely N-dealkylation sites (tertiary alicyclic amines) is 1. The molecule has 0 bridgehead atoms. The second-order valence-electron chi connectivity index (χ2n) is 8.82. The summed E-state index contributed by atoms with van der Waals surface area (Å²) in [5.41, 5.74) is 1.49. The Morgan fingerprint density at radius 3 is 2.94 bits per heavy atom. The zero-order valence-electron chi connectivity index (χ0n) is 17.2. The van der Waals surface area contributed by atoms with Gasteiger partial charge in [-0.1, -0.05) is 11.6 Å². The number of amides is 2. The van der Waals surface area contributed by atoms with Crippen LogP contribution in [0, 0.1) is 11.7 Å². The number of hydrogen-bond donors (Lipinski definition) is 2. The molecule has 1 aromatic carbocycles. The van der Waals surface area contributed by atoms with Gasteiger partial charge in [0, 0.05) is 30.9 Å². The molecule has 2 N–H and O–H groups in total. The highest BCUT2D eigenvalue weighted by Gasteiger charge is 2.64. The van der Waals surface area contributed by atoms with E-state index in [0.717, 1.165) is 30.8 Å². The summed E-state index contributed by atoms with van der Waals surface area (Å²) >= 11 is 6.48. The number of benzene rings is 1. The molecule has 3 aliphatic rings. The Morgan fingerprint density at radius 2 is 2.16 bits per heavy atom. The molecule has 10 heteroatoms. The van der Waals surface area contributed by atoms with E-state index in [4.69, 9.17) is 16.6 Å². The van der Waals surface area contributed by atoms with Gasteiger partial charge in [-0.3, -0.25) is 0 Å². The molecular weight excluding hydrogens is 435 g/mol. The van der Waals surface area contributed by atoms with Gasteiger partial charge in [0.25, 0.3) is 0 Å². The fourth-order valence-electron chi connectivity index (χ4n) is 5.31. The van der Waals surface area contributed by atoms with Gasteiger partial charge in [0.1, 0.15) is 17.3 Å². The molecule has 1 saturated carbocycles. The van der Waals surface area contributed by atoms with Crippen molar-refractivity contribution >= 4 is 34.8 Å². The van der Waals surface area contributed by atoms with Crippen molar-refractivity contribution in [2.24, 2.45) is 5.92 Å². The third-order valence-corrected chi connectivity index (χ3v) is 7.30. The van der Waals surface area contributed by atoms with Crippen LogP contribution in [0.4, 0.5) is 20.7 Å². The molecule has 2 aromatic heterocycles. The van der Waals surface area contributed by atoms with Crippen molar-refractivity contribution in [3.8, 4) is 0 Å². The molecule has 2 amide bonds. The molecule has 3 aromatic rings. The van der Waals surface area contributed by atoms with Crippen LogP contribution >= 0.6 is 11.6 Å². The average Bonchev–Trinajstić information content (AvgIpc) is 3.10. The van der Waals surface area contributed by atoms with Gasteiger partial charge in [-0.05, 0) is 55.0 Å². The Labute approximate surface area is 188 Å². The molecule has 8 nitrogen and oxygen atoms in total. The topological polar surface area (TPSA) is 86.0 Å². The molecule has 4 heterocycles. The number of urea groups is 1. The summed E-state index contributed by atoms with van der Waals surface area (Å²) in [7, 11) is 0. The minimum Gasteiger partial charge on any atom is -0.391 e. The largest absolute Gasteiger partial charge is 0.391 e. The van der Waals surface area contributed by atoms with Gasteiger partial charge in [0.15, 0.2) is 5.65 Å². The number of piperidine rings is 1. The predicted molar refractivity (Wildman–Crippen MR) is 117 cm³/mol. The number of hydrogen-bond acceptors (Lipinski definition) is 5. The molecule has 2 saturated heterocycles.